The minimum absolute atomic E-state index is 0.0354. The quantitative estimate of drug-likeness (QED) is 0.153. The molecule has 0 aromatic heterocycles. The number of urea groups is 2. The molecule has 1 unspecified atom stereocenters. The van der Waals surface area contributed by atoms with Gasteiger partial charge in [0.1, 0.15) is 12.1 Å². The van der Waals surface area contributed by atoms with E-state index in [0.29, 0.717) is 32.6 Å². The van der Waals surface area contributed by atoms with Gasteiger partial charge in [0.2, 0.25) is 17.6 Å². The molecule has 4 N–H and O–H groups in total. The summed E-state index contributed by atoms with van der Waals surface area (Å²) < 4.78 is 0. The van der Waals surface area contributed by atoms with Crippen LogP contribution in [0.15, 0.2) is 12.7 Å². The molecule has 0 aromatic rings. The van der Waals surface area contributed by atoms with Crippen molar-refractivity contribution in [2.45, 2.75) is 110 Å². The molecule has 4 fully saturated rings. The van der Waals surface area contributed by atoms with Gasteiger partial charge in [-0.15, -0.1) is 6.58 Å². The van der Waals surface area contributed by atoms with E-state index >= 15 is 0 Å². The second-order valence-corrected chi connectivity index (χ2v) is 15.4. The number of nitrogens with one attached hydrogen (secondary N) is 4. The van der Waals surface area contributed by atoms with Crippen molar-refractivity contribution in [3.63, 3.8) is 0 Å². The van der Waals surface area contributed by atoms with Crippen molar-refractivity contribution in [2.24, 2.45) is 29.1 Å². The number of carbonyl (C=O) groups is 6. The highest BCUT2D eigenvalue weighted by molar-refractivity contribution is 6.38. The zero-order chi connectivity index (χ0) is 36.0. The predicted octanol–water partition coefficient (Wildman–Crippen LogP) is 2.66. The first-order chi connectivity index (χ1) is 23.2. The molecule has 6 atom stereocenters. The van der Waals surface area contributed by atoms with Gasteiger partial charge in [0.25, 0.3) is 5.91 Å². The van der Waals surface area contributed by atoms with E-state index in [2.05, 4.69) is 41.7 Å². The molecule has 4 aliphatic rings. The van der Waals surface area contributed by atoms with E-state index in [9.17, 15) is 28.8 Å². The van der Waals surface area contributed by atoms with Crippen molar-refractivity contribution in [2.75, 3.05) is 39.8 Å². The van der Waals surface area contributed by atoms with E-state index in [0.717, 1.165) is 38.5 Å². The highest BCUT2D eigenvalue weighted by atomic mass is 16.2. The van der Waals surface area contributed by atoms with Crippen LogP contribution in [0.25, 0.3) is 0 Å². The maximum atomic E-state index is 14.6. The Morgan fingerprint density at radius 1 is 1.00 bits per heavy atom. The molecule has 13 nitrogen and oxygen atoms in total. The zero-order valence-electron chi connectivity index (χ0n) is 30.4. The number of amides is 7. The highest BCUT2D eigenvalue weighted by Crippen LogP contribution is 2.65. The summed E-state index contributed by atoms with van der Waals surface area (Å²) in [6, 6.07) is -3.52. The Hall–Kier alpha value is -3.64. The average molecular weight is 686 g/mol. The van der Waals surface area contributed by atoms with E-state index < -0.39 is 41.8 Å². The number of piperidine rings is 1. The summed E-state index contributed by atoms with van der Waals surface area (Å²) in [5.41, 5.74) is -0.167. The number of ketones is 1. The fourth-order valence-corrected chi connectivity index (χ4v) is 8.18. The number of hydrogen-bond donors (Lipinski definition) is 4. The normalized spacial score (nSPS) is 25.2. The van der Waals surface area contributed by atoms with Crippen molar-refractivity contribution < 1.29 is 28.8 Å². The topological polar surface area (TPSA) is 160 Å². The molecule has 2 aliphatic carbocycles. The van der Waals surface area contributed by atoms with Gasteiger partial charge in [0.15, 0.2) is 0 Å². The monoisotopic (exact) mass is 685 g/mol. The molecule has 0 radical (unpaired) electrons. The largest absolute Gasteiger partial charge is 0.346 e. The van der Waals surface area contributed by atoms with Crippen LogP contribution in [0.4, 0.5) is 9.59 Å². The fourth-order valence-electron chi connectivity index (χ4n) is 8.18. The molecule has 0 spiro atoms. The second kappa shape index (κ2) is 16.4. The molecule has 0 aromatic carbocycles. The third-order valence-electron chi connectivity index (χ3n) is 11.3. The lowest BCUT2D eigenvalue weighted by molar-refractivity contribution is -0.144. The maximum Gasteiger partial charge on any atom is 0.319 e. The Morgan fingerprint density at radius 2 is 1.69 bits per heavy atom. The van der Waals surface area contributed by atoms with Crippen LogP contribution in [0.1, 0.15) is 86.0 Å². The van der Waals surface area contributed by atoms with E-state index in [1.807, 2.05) is 20.8 Å². The second-order valence-electron chi connectivity index (χ2n) is 15.4. The molecular formula is C36H59N7O6. The molecule has 2 saturated carbocycles. The van der Waals surface area contributed by atoms with Gasteiger partial charge in [-0.3, -0.25) is 19.2 Å². The first-order valence-electron chi connectivity index (χ1n) is 18.3. The van der Waals surface area contributed by atoms with Crippen LogP contribution >= 0.6 is 0 Å². The maximum absolute atomic E-state index is 14.6. The van der Waals surface area contributed by atoms with Crippen LogP contribution in [0.5, 0.6) is 0 Å². The van der Waals surface area contributed by atoms with Crippen LogP contribution in [0.3, 0.4) is 0 Å². The Bertz CT molecular complexity index is 1260. The van der Waals surface area contributed by atoms with Gasteiger partial charge < -0.3 is 36.0 Å². The number of nitrogens with zero attached hydrogens (tertiary/aromatic N) is 3. The third kappa shape index (κ3) is 8.75. The molecule has 0 bridgehead atoms. The van der Waals surface area contributed by atoms with Gasteiger partial charge in [-0.2, -0.15) is 0 Å². The summed E-state index contributed by atoms with van der Waals surface area (Å²) in [6.45, 7) is 15.8. The molecule has 13 heteroatoms. The van der Waals surface area contributed by atoms with Gasteiger partial charge in [-0.05, 0) is 54.8 Å². The van der Waals surface area contributed by atoms with Crippen molar-refractivity contribution in [1.82, 2.24) is 36.0 Å². The van der Waals surface area contributed by atoms with Crippen molar-refractivity contribution in [3.8, 4) is 0 Å². The molecule has 2 aliphatic heterocycles. The van der Waals surface area contributed by atoms with Crippen LogP contribution in [0, 0.1) is 29.1 Å². The number of fused-ring (bicyclic) bond motifs is 1. The van der Waals surface area contributed by atoms with Crippen LogP contribution in [0.2, 0.25) is 0 Å². The van der Waals surface area contributed by atoms with E-state index in [4.69, 9.17) is 0 Å². The van der Waals surface area contributed by atoms with Gasteiger partial charge >= 0.3 is 12.1 Å². The van der Waals surface area contributed by atoms with Crippen LogP contribution < -0.4 is 21.3 Å². The Labute approximate surface area is 291 Å². The smallest absolute Gasteiger partial charge is 0.319 e. The van der Waals surface area contributed by atoms with E-state index in [1.54, 1.807) is 21.7 Å². The minimum Gasteiger partial charge on any atom is -0.346 e. The lowest BCUT2D eigenvalue weighted by Gasteiger charge is -2.38. The van der Waals surface area contributed by atoms with Gasteiger partial charge in [0, 0.05) is 39.8 Å². The first kappa shape index (κ1) is 38.2. The molecule has 7 amide bonds. The standard InChI is InChI=1S/C36H59N7O6/c1-8-14-25(30(44)32(46)37-17-9-2)38-31(45)29-27-24(36(27,5)6)20-43(29)33(47)28(23-15-11-10-12-16-23)40-34(48)39-26(22(3)4)21-42-19-13-18-41(7)35(42)49/h9,22-29H,2,8,10-21H2,1,3-7H3,(H,37,46)(H,38,45)(H2,39,40,48)/t24-,25?,26+,27-,28-,29-/m0/s1. The van der Waals surface area contributed by atoms with Gasteiger partial charge in [0.05, 0.1) is 12.1 Å². The predicted molar refractivity (Wildman–Crippen MR) is 186 cm³/mol. The van der Waals surface area contributed by atoms with Crippen molar-refractivity contribution >= 4 is 35.6 Å². The first-order valence-corrected chi connectivity index (χ1v) is 18.3. The number of carbonyl (C=O) groups excluding carboxylic acids is 6. The zero-order valence-corrected chi connectivity index (χ0v) is 30.4. The van der Waals surface area contributed by atoms with Crippen molar-refractivity contribution in [1.29, 1.82) is 0 Å². The number of Topliss-reactive ketones (excluding diaryl/α,β-unsaturated/α-hetero) is 1. The third-order valence-corrected chi connectivity index (χ3v) is 11.3. The summed E-state index contributed by atoms with van der Waals surface area (Å²) in [7, 11) is 1.78. The molecule has 4 rings (SSSR count). The van der Waals surface area contributed by atoms with Gasteiger partial charge in [-0.1, -0.05) is 66.4 Å². The highest BCUT2D eigenvalue weighted by Gasteiger charge is 2.69. The number of likely N-dealkylation sites (tertiary alicyclic amines) is 1. The Balaban J connectivity index is 1.52. The lowest BCUT2D eigenvalue weighted by atomic mass is 9.83. The molecule has 49 heavy (non-hydrogen) atoms. The minimum atomic E-state index is -1.02. The van der Waals surface area contributed by atoms with E-state index in [-0.39, 0.29) is 60.0 Å². The summed E-state index contributed by atoms with van der Waals surface area (Å²) in [4.78, 5) is 85.7. The fraction of sp³-hybridized carbons (Fsp3) is 0.778. The van der Waals surface area contributed by atoms with Crippen LogP contribution in [-0.2, 0) is 19.2 Å². The van der Waals surface area contributed by atoms with Crippen LogP contribution in [-0.4, -0.2) is 114 Å². The lowest BCUT2D eigenvalue weighted by Crippen LogP contribution is -2.61. The Kier molecular flexibility index (Phi) is 12.8. The molecule has 2 heterocycles. The summed E-state index contributed by atoms with van der Waals surface area (Å²) in [5.74, 6) is -2.29. The van der Waals surface area contributed by atoms with Gasteiger partial charge in [-0.25, -0.2) is 9.59 Å². The SMILES string of the molecule is C=CCNC(=O)C(=O)C(CCC)NC(=O)[C@@H]1[C@@H]2[C@H](CN1C(=O)[C@@H](NC(=O)N[C@H](CN1CCCN(C)C1=O)C(C)C)C1CCCCC1)C2(C)C. The summed E-state index contributed by atoms with van der Waals surface area (Å²) in [5, 5.41) is 11.4. The molecule has 2 saturated heterocycles. The number of hydrogen-bond acceptors (Lipinski definition) is 6. The summed E-state index contributed by atoms with van der Waals surface area (Å²) >= 11 is 0. The van der Waals surface area contributed by atoms with Crippen molar-refractivity contribution in [3.05, 3.63) is 12.7 Å². The Morgan fingerprint density at radius 3 is 2.33 bits per heavy atom. The molecular weight excluding hydrogens is 626 g/mol. The number of rotatable bonds is 15. The summed E-state index contributed by atoms with van der Waals surface area (Å²) in [6.07, 6.45) is 7.73. The van der Waals surface area contributed by atoms with E-state index in [1.165, 1.54) is 6.08 Å². The molecule has 274 valence electrons. The average Bonchev–Trinajstić information content (AvgIpc) is 3.38.